The summed E-state index contributed by atoms with van der Waals surface area (Å²) in [4.78, 5) is 2.35. The fraction of sp³-hybridized carbons (Fsp3) is 0.286. The van der Waals surface area contributed by atoms with Crippen LogP contribution < -0.4 is 5.32 Å². The summed E-state index contributed by atoms with van der Waals surface area (Å²) in [5, 5.41) is 7.83. The van der Waals surface area contributed by atoms with E-state index in [0.717, 1.165) is 42.9 Å². The number of piperazine rings is 1. The lowest BCUT2D eigenvalue weighted by Crippen LogP contribution is -2.45. The fourth-order valence-electron chi connectivity index (χ4n) is 3.56. The van der Waals surface area contributed by atoms with E-state index in [2.05, 4.69) is 15.3 Å². The number of nitrogens with one attached hydrogen (secondary N) is 1. The summed E-state index contributed by atoms with van der Waals surface area (Å²) in [7, 11) is 0. The van der Waals surface area contributed by atoms with Gasteiger partial charge in [0.05, 0.1) is 12.7 Å². The van der Waals surface area contributed by atoms with Gasteiger partial charge in [-0.3, -0.25) is 9.58 Å². The lowest BCUT2D eigenvalue weighted by atomic mass is 10.0. The number of halogens is 2. The van der Waals surface area contributed by atoms with E-state index in [4.69, 9.17) is 0 Å². The van der Waals surface area contributed by atoms with E-state index in [1.54, 1.807) is 24.3 Å². The molecule has 1 aliphatic rings. The van der Waals surface area contributed by atoms with Crippen LogP contribution in [-0.4, -0.2) is 34.3 Å². The van der Waals surface area contributed by atoms with Crippen LogP contribution in [0.1, 0.15) is 22.7 Å². The highest BCUT2D eigenvalue weighted by atomic mass is 19.1. The molecule has 3 aromatic rings. The SMILES string of the molecule is Fc1ccc(Cn2cc(CN3CCNCC3c3cccc(F)c3)cn2)cc1. The van der Waals surface area contributed by atoms with E-state index in [-0.39, 0.29) is 17.7 Å². The van der Waals surface area contributed by atoms with Gasteiger partial charge in [-0.2, -0.15) is 5.10 Å². The normalized spacial score (nSPS) is 17.9. The van der Waals surface area contributed by atoms with Crippen LogP contribution in [0.2, 0.25) is 0 Å². The first-order valence-corrected chi connectivity index (χ1v) is 9.13. The van der Waals surface area contributed by atoms with Crippen molar-refractivity contribution in [2.24, 2.45) is 0 Å². The molecule has 1 aliphatic heterocycles. The Morgan fingerprint density at radius 2 is 1.85 bits per heavy atom. The molecule has 2 heterocycles. The lowest BCUT2D eigenvalue weighted by molar-refractivity contribution is 0.153. The monoisotopic (exact) mass is 368 g/mol. The third-order valence-electron chi connectivity index (χ3n) is 4.92. The predicted octanol–water partition coefficient (Wildman–Crippen LogP) is 3.36. The Hall–Kier alpha value is -2.57. The van der Waals surface area contributed by atoms with Crippen molar-refractivity contribution in [1.29, 1.82) is 0 Å². The maximum Gasteiger partial charge on any atom is 0.123 e. The summed E-state index contributed by atoms with van der Waals surface area (Å²) in [5.74, 6) is -0.438. The number of hydrogen-bond donors (Lipinski definition) is 1. The molecule has 4 nitrogen and oxygen atoms in total. The molecule has 1 fully saturated rings. The minimum absolute atomic E-state index is 0.134. The average Bonchev–Trinajstić information content (AvgIpc) is 3.11. The van der Waals surface area contributed by atoms with Crippen molar-refractivity contribution >= 4 is 0 Å². The molecule has 0 bridgehead atoms. The molecular formula is C21H22F2N4. The van der Waals surface area contributed by atoms with Crippen molar-refractivity contribution in [3.05, 3.63) is 89.2 Å². The van der Waals surface area contributed by atoms with Gasteiger partial charge in [0, 0.05) is 44.0 Å². The number of hydrogen-bond acceptors (Lipinski definition) is 3. The lowest BCUT2D eigenvalue weighted by Gasteiger charge is -2.36. The highest BCUT2D eigenvalue weighted by molar-refractivity contribution is 5.22. The largest absolute Gasteiger partial charge is 0.314 e. The van der Waals surface area contributed by atoms with Crippen LogP contribution in [0.4, 0.5) is 8.78 Å². The van der Waals surface area contributed by atoms with E-state index in [9.17, 15) is 8.78 Å². The first kappa shape index (κ1) is 17.8. The number of aromatic nitrogens is 2. The van der Waals surface area contributed by atoms with Gasteiger partial charge in [-0.25, -0.2) is 8.78 Å². The summed E-state index contributed by atoms with van der Waals surface area (Å²) in [5.41, 5.74) is 3.10. The molecule has 0 radical (unpaired) electrons. The van der Waals surface area contributed by atoms with Crippen LogP contribution in [0, 0.1) is 11.6 Å². The highest BCUT2D eigenvalue weighted by Crippen LogP contribution is 2.24. The quantitative estimate of drug-likeness (QED) is 0.750. The Bertz CT molecular complexity index is 891. The van der Waals surface area contributed by atoms with Crippen LogP contribution in [0.15, 0.2) is 60.9 Å². The third-order valence-corrected chi connectivity index (χ3v) is 4.92. The minimum Gasteiger partial charge on any atom is -0.314 e. The van der Waals surface area contributed by atoms with Gasteiger partial charge in [-0.15, -0.1) is 0 Å². The molecule has 27 heavy (non-hydrogen) atoms. The van der Waals surface area contributed by atoms with Gasteiger partial charge >= 0.3 is 0 Å². The van der Waals surface area contributed by atoms with Gasteiger partial charge in [0.15, 0.2) is 0 Å². The molecule has 1 N–H and O–H groups in total. The van der Waals surface area contributed by atoms with Gasteiger partial charge < -0.3 is 5.32 Å². The van der Waals surface area contributed by atoms with Crippen LogP contribution in [-0.2, 0) is 13.1 Å². The molecule has 4 rings (SSSR count). The maximum absolute atomic E-state index is 13.6. The first-order valence-electron chi connectivity index (χ1n) is 9.13. The molecule has 0 aliphatic carbocycles. The minimum atomic E-state index is -0.234. The topological polar surface area (TPSA) is 33.1 Å². The molecule has 6 heteroatoms. The second kappa shape index (κ2) is 7.98. The van der Waals surface area contributed by atoms with Gasteiger partial charge in [0.25, 0.3) is 0 Å². The Labute approximate surface area is 157 Å². The van der Waals surface area contributed by atoms with Crippen LogP contribution in [0.5, 0.6) is 0 Å². The van der Waals surface area contributed by atoms with Crippen LogP contribution in [0.25, 0.3) is 0 Å². The van der Waals surface area contributed by atoms with Crippen molar-refractivity contribution in [3.8, 4) is 0 Å². The van der Waals surface area contributed by atoms with Crippen LogP contribution >= 0.6 is 0 Å². The maximum atomic E-state index is 13.6. The molecule has 1 unspecified atom stereocenters. The van der Waals surface area contributed by atoms with Crippen molar-refractivity contribution in [2.45, 2.75) is 19.1 Å². The second-order valence-corrected chi connectivity index (χ2v) is 6.92. The summed E-state index contributed by atoms with van der Waals surface area (Å²) >= 11 is 0. The zero-order chi connectivity index (χ0) is 18.6. The molecule has 1 atom stereocenters. The van der Waals surface area contributed by atoms with Gasteiger partial charge in [-0.1, -0.05) is 24.3 Å². The second-order valence-electron chi connectivity index (χ2n) is 6.92. The highest BCUT2D eigenvalue weighted by Gasteiger charge is 2.24. The fourth-order valence-corrected chi connectivity index (χ4v) is 3.56. The van der Waals surface area contributed by atoms with Crippen molar-refractivity contribution in [3.63, 3.8) is 0 Å². The van der Waals surface area contributed by atoms with Crippen molar-refractivity contribution in [1.82, 2.24) is 20.0 Å². The van der Waals surface area contributed by atoms with E-state index in [1.807, 2.05) is 23.1 Å². The molecule has 0 amide bonds. The molecular weight excluding hydrogens is 346 g/mol. The summed E-state index contributed by atoms with van der Waals surface area (Å²) in [6.07, 6.45) is 3.89. The molecule has 0 saturated carbocycles. The van der Waals surface area contributed by atoms with Gasteiger partial charge in [0.1, 0.15) is 11.6 Å². The Balaban J connectivity index is 1.46. The number of nitrogens with zero attached hydrogens (tertiary/aromatic N) is 3. The summed E-state index contributed by atoms with van der Waals surface area (Å²) in [6.45, 7) is 3.97. The van der Waals surface area contributed by atoms with Crippen molar-refractivity contribution < 1.29 is 8.78 Å². The van der Waals surface area contributed by atoms with E-state index < -0.39 is 0 Å². The summed E-state index contributed by atoms with van der Waals surface area (Å²) in [6, 6.07) is 13.4. The van der Waals surface area contributed by atoms with Crippen LogP contribution in [0.3, 0.4) is 0 Å². The molecule has 1 aromatic heterocycles. The van der Waals surface area contributed by atoms with E-state index in [0.29, 0.717) is 6.54 Å². The first-order chi connectivity index (χ1) is 13.2. The molecule has 0 spiro atoms. The number of benzene rings is 2. The summed E-state index contributed by atoms with van der Waals surface area (Å²) < 4.78 is 28.5. The molecule has 2 aromatic carbocycles. The van der Waals surface area contributed by atoms with Crippen molar-refractivity contribution in [2.75, 3.05) is 19.6 Å². The molecule has 1 saturated heterocycles. The Kier molecular flexibility index (Phi) is 5.27. The number of rotatable bonds is 5. The standard InChI is InChI=1S/C21H22F2N4/c22-19-6-4-16(5-7-19)14-27-15-17(11-25-27)13-26-9-8-24-12-21(26)18-2-1-3-20(23)10-18/h1-7,10-11,15,21,24H,8-9,12-14H2. The Morgan fingerprint density at radius 1 is 1.00 bits per heavy atom. The Morgan fingerprint density at radius 3 is 2.67 bits per heavy atom. The zero-order valence-electron chi connectivity index (χ0n) is 15.0. The predicted molar refractivity (Wildman–Crippen MR) is 100 cm³/mol. The zero-order valence-corrected chi connectivity index (χ0v) is 15.0. The van der Waals surface area contributed by atoms with Gasteiger partial charge in [0.2, 0.25) is 0 Å². The average molecular weight is 368 g/mol. The smallest absolute Gasteiger partial charge is 0.123 e. The molecule has 140 valence electrons. The van der Waals surface area contributed by atoms with Gasteiger partial charge in [-0.05, 0) is 35.4 Å². The van der Waals surface area contributed by atoms with E-state index >= 15 is 0 Å². The third kappa shape index (κ3) is 4.40. The van der Waals surface area contributed by atoms with E-state index in [1.165, 1.54) is 18.2 Å².